The molecule has 1 unspecified atom stereocenters. The normalized spacial score (nSPS) is 21.6. The molecule has 2 aromatic heterocycles. The molecule has 0 spiro atoms. The van der Waals surface area contributed by atoms with Crippen molar-refractivity contribution in [2.24, 2.45) is 5.73 Å². The molecule has 28 heavy (non-hydrogen) atoms. The number of thioether (sulfide) groups is 1. The number of nitrogens with two attached hydrogens (primary N) is 1. The third-order valence-corrected chi connectivity index (χ3v) is 6.72. The molecule has 2 atom stereocenters. The zero-order valence-electron chi connectivity index (χ0n) is 15.6. The van der Waals surface area contributed by atoms with E-state index in [0.717, 1.165) is 37.3 Å². The van der Waals surface area contributed by atoms with Gasteiger partial charge in [0.1, 0.15) is 5.37 Å². The number of benzene rings is 1. The van der Waals surface area contributed by atoms with E-state index in [9.17, 15) is 0 Å². The summed E-state index contributed by atoms with van der Waals surface area (Å²) >= 11 is 1.86. The zero-order chi connectivity index (χ0) is 18.9. The monoisotopic (exact) mass is 389 g/mol. The Bertz CT molecular complexity index is 964. The fourth-order valence-electron chi connectivity index (χ4n) is 4.10. The third kappa shape index (κ3) is 3.12. The Kier molecular flexibility index (Phi) is 4.66. The molecule has 142 valence electrons. The van der Waals surface area contributed by atoms with Crippen LogP contribution in [0.25, 0.3) is 0 Å². The smallest absolute Gasteiger partial charge is 0.110 e. The fourth-order valence-corrected chi connectivity index (χ4v) is 5.38. The predicted molar refractivity (Wildman–Crippen MR) is 115 cm³/mol. The van der Waals surface area contributed by atoms with E-state index in [2.05, 4.69) is 62.2 Å². The van der Waals surface area contributed by atoms with Crippen molar-refractivity contribution in [3.8, 4) is 0 Å². The van der Waals surface area contributed by atoms with Gasteiger partial charge in [-0.3, -0.25) is 9.97 Å². The van der Waals surface area contributed by atoms with Gasteiger partial charge in [-0.15, -0.1) is 0 Å². The topological polar surface area (TPSA) is 58.3 Å². The lowest BCUT2D eigenvalue weighted by atomic mass is 10.1. The summed E-state index contributed by atoms with van der Waals surface area (Å²) in [5, 5.41) is 0.154. The van der Waals surface area contributed by atoms with Gasteiger partial charge in [0.05, 0.1) is 29.5 Å². The van der Waals surface area contributed by atoms with Gasteiger partial charge in [0.25, 0.3) is 0 Å². The summed E-state index contributed by atoms with van der Waals surface area (Å²) in [5.41, 5.74) is 11.0. The highest BCUT2D eigenvalue weighted by atomic mass is 32.2. The predicted octanol–water partition coefficient (Wildman–Crippen LogP) is 4.35. The SMILES string of the molecule is NC1CCCN(c2ccncc2N2c3cnccc3S[C@H]2c2ccccc2)C1. The quantitative estimate of drug-likeness (QED) is 0.719. The first-order chi connectivity index (χ1) is 13.8. The van der Waals surface area contributed by atoms with Gasteiger partial charge < -0.3 is 15.5 Å². The van der Waals surface area contributed by atoms with Crippen molar-refractivity contribution < 1.29 is 0 Å². The van der Waals surface area contributed by atoms with E-state index >= 15 is 0 Å². The van der Waals surface area contributed by atoms with E-state index < -0.39 is 0 Å². The summed E-state index contributed by atoms with van der Waals surface area (Å²) in [6, 6.07) is 15.1. The van der Waals surface area contributed by atoms with Gasteiger partial charge in [-0.05, 0) is 30.5 Å². The number of rotatable bonds is 3. The van der Waals surface area contributed by atoms with E-state index in [1.54, 1.807) is 0 Å². The molecule has 1 saturated heterocycles. The first-order valence-corrected chi connectivity index (χ1v) is 10.6. The molecular formula is C22H23N5S. The van der Waals surface area contributed by atoms with Gasteiger partial charge in [0.15, 0.2) is 0 Å². The zero-order valence-corrected chi connectivity index (χ0v) is 16.4. The lowest BCUT2D eigenvalue weighted by molar-refractivity contribution is 0.506. The van der Waals surface area contributed by atoms with Crippen molar-refractivity contribution in [1.29, 1.82) is 0 Å². The Labute approximate surface area is 169 Å². The van der Waals surface area contributed by atoms with Crippen LogP contribution in [0.15, 0.2) is 72.1 Å². The van der Waals surface area contributed by atoms with Gasteiger partial charge in [-0.2, -0.15) is 0 Å². The van der Waals surface area contributed by atoms with E-state index in [4.69, 9.17) is 5.73 Å². The minimum atomic E-state index is 0.154. The highest BCUT2D eigenvalue weighted by Gasteiger charge is 2.35. The maximum absolute atomic E-state index is 6.28. The van der Waals surface area contributed by atoms with Crippen LogP contribution in [0, 0.1) is 0 Å². The number of pyridine rings is 2. The van der Waals surface area contributed by atoms with Gasteiger partial charge >= 0.3 is 0 Å². The summed E-state index contributed by atoms with van der Waals surface area (Å²) in [4.78, 5) is 14.9. The molecule has 6 heteroatoms. The van der Waals surface area contributed by atoms with Crippen LogP contribution in [0.1, 0.15) is 23.8 Å². The van der Waals surface area contributed by atoms with Crippen molar-refractivity contribution >= 4 is 28.8 Å². The summed E-state index contributed by atoms with van der Waals surface area (Å²) < 4.78 is 0. The van der Waals surface area contributed by atoms with Crippen LogP contribution in [0.5, 0.6) is 0 Å². The number of piperidine rings is 1. The molecule has 0 bridgehead atoms. The van der Waals surface area contributed by atoms with Crippen LogP contribution in [-0.4, -0.2) is 29.1 Å². The summed E-state index contributed by atoms with van der Waals surface area (Å²) in [5.74, 6) is 0. The standard InChI is InChI=1S/C22H23N5S/c23-17-7-4-12-26(15-17)18-8-10-24-13-19(18)27-20-14-25-11-9-21(20)28-22(27)16-5-2-1-3-6-16/h1-3,5-6,8-11,13-14,17,22H,4,7,12,15,23H2/t17?,22-/m0/s1. The summed E-state index contributed by atoms with van der Waals surface area (Å²) in [6.07, 6.45) is 9.90. The van der Waals surface area contributed by atoms with Crippen molar-refractivity contribution in [1.82, 2.24) is 9.97 Å². The molecule has 2 aliphatic heterocycles. The Morgan fingerprint density at radius 1 is 0.929 bits per heavy atom. The minimum absolute atomic E-state index is 0.154. The van der Waals surface area contributed by atoms with Crippen LogP contribution in [0.3, 0.4) is 0 Å². The average molecular weight is 390 g/mol. The maximum Gasteiger partial charge on any atom is 0.110 e. The fraction of sp³-hybridized carbons (Fsp3) is 0.273. The molecule has 5 nitrogen and oxygen atoms in total. The van der Waals surface area contributed by atoms with Crippen molar-refractivity contribution in [3.63, 3.8) is 0 Å². The summed E-state index contributed by atoms with van der Waals surface area (Å²) in [7, 11) is 0. The lowest BCUT2D eigenvalue weighted by Crippen LogP contribution is -2.43. The molecule has 4 heterocycles. The van der Waals surface area contributed by atoms with E-state index in [1.165, 1.54) is 16.1 Å². The van der Waals surface area contributed by atoms with Crippen LogP contribution in [0.2, 0.25) is 0 Å². The van der Waals surface area contributed by atoms with Crippen LogP contribution < -0.4 is 15.5 Å². The Morgan fingerprint density at radius 2 is 1.71 bits per heavy atom. The molecule has 1 aromatic carbocycles. The lowest BCUT2D eigenvalue weighted by Gasteiger charge is -2.36. The molecule has 2 N–H and O–H groups in total. The molecule has 0 aliphatic carbocycles. The molecule has 3 aromatic rings. The Hall–Kier alpha value is -2.57. The highest BCUT2D eigenvalue weighted by molar-refractivity contribution is 8.00. The first-order valence-electron chi connectivity index (χ1n) is 9.70. The van der Waals surface area contributed by atoms with Crippen LogP contribution in [0.4, 0.5) is 17.1 Å². The van der Waals surface area contributed by atoms with E-state index in [0.29, 0.717) is 0 Å². The number of fused-ring (bicyclic) bond motifs is 1. The number of anilines is 3. The molecule has 0 amide bonds. The van der Waals surface area contributed by atoms with E-state index in [-0.39, 0.29) is 11.4 Å². The Morgan fingerprint density at radius 3 is 2.54 bits per heavy atom. The largest absolute Gasteiger partial charge is 0.368 e. The van der Waals surface area contributed by atoms with Gasteiger partial charge in [-0.1, -0.05) is 42.1 Å². The van der Waals surface area contributed by atoms with Crippen molar-refractivity contribution in [2.45, 2.75) is 29.2 Å². The minimum Gasteiger partial charge on any atom is -0.368 e. The van der Waals surface area contributed by atoms with Crippen molar-refractivity contribution in [2.75, 3.05) is 22.9 Å². The second-order valence-electron chi connectivity index (χ2n) is 7.31. The maximum atomic E-state index is 6.28. The first kappa shape index (κ1) is 17.5. The number of aromatic nitrogens is 2. The van der Waals surface area contributed by atoms with Crippen LogP contribution >= 0.6 is 11.8 Å². The third-order valence-electron chi connectivity index (χ3n) is 5.41. The summed E-state index contributed by atoms with van der Waals surface area (Å²) in [6.45, 7) is 1.91. The molecule has 2 aliphatic rings. The number of nitrogens with zero attached hydrogens (tertiary/aromatic N) is 4. The second kappa shape index (κ2) is 7.45. The molecule has 0 radical (unpaired) electrons. The van der Waals surface area contributed by atoms with E-state index in [1.807, 2.05) is 36.5 Å². The molecular weight excluding hydrogens is 366 g/mol. The van der Waals surface area contributed by atoms with Gasteiger partial charge in [-0.25, -0.2) is 0 Å². The van der Waals surface area contributed by atoms with Gasteiger partial charge in [0, 0.05) is 36.4 Å². The van der Waals surface area contributed by atoms with Crippen molar-refractivity contribution in [3.05, 3.63) is 72.8 Å². The molecule has 1 fully saturated rings. The molecule has 0 saturated carbocycles. The average Bonchev–Trinajstić information content (AvgIpc) is 3.14. The van der Waals surface area contributed by atoms with Crippen LogP contribution in [-0.2, 0) is 0 Å². The Balaban J connectivity index is 1.62. The number of hydrogen-bond acceptors (Lipinski definition) is 6. The molecule has 5 rings (SSSR count). The van der Waals surface area contributed by atoms with Gasteiger partial charge in [0.2, 0.25) is 0 Å². The highest BCUT2D eigenvalue weighted by Crippen LogP contribution is 2.55. The second-order valence-corrected chi connectivity index (χ2v) is 8.43. The number of hydrogen-bond donors (Lipinski definition) is 1.